The highest BCUT2D eigenvalue weighted by Crippen LogP contribution is 2.21. The summed E-state index contributed by atoms with van der Waals surface area (Å²) >= 11 is 0. The maximum absolute atomic E-state index is 12.9. The van der Waals surface area contributed by atoms with Gasteiger partial charge >= 0.3 is 5.97 Å². The van der Waals surface area contributed by atoms with Gasteiger partial charge in [0.15, 0.2) is 0 Å². The van der Waals surface area contributed by atoms with Crippen molar-refractivity contribution in [3.63, 3.8) is 0 Å². The molecule has 0 spiro atoms. The lowest BCUT2D eigenvalue weighted by atomic mass is 9.96. The van der Waals surface area contributed by atoms with Gasteiger partial charge in [0.1, 0.15) is 11.6 Å². The van der Waals surface area contributed by atoms with E-state index in [-0.39, 0.29) is 12.4 Å². The van der Waals surface area contributed by atoms with E-state index in [1.54, 1.807) is 0 Å². The molecule has 0 heterocycles. The Bertz CT molecular complexity index is 608. The van der Waals surface area contributed by atoms with Crippen molar-refractivity contribution in [2.24, 2.45) is 0 Å². The number of aliphatic carboxylic acids is 1. The van der Waals surface area contributed by atoms with Gasteiger partial charge in [0.05, 0.1) is 12.5 Å². The molecular weight excluding hydrogens is 271 g/mol. The van der Waals surface area contributed by atoms with Gasteiger partial charge in [-0.25, -0.2) is 4.39 Å². The van der Waals surface area contributed by atoms with Crippen LogP contribution in [0.3, 0.4) is 0 Å². The third-order valence-corrected chi connectivity index (χ3v) is 3.24. The Morgan fingerprint density at radius 3 is 2.57 bits per heavy atom. The maximum Gasteiger partial charge on any atom is 0.311 e. The summed E-state index contributed by atoms with van der Waals surface area (Å²) in [7, 11) is 0. The molecule has 110 valence electrons. The molecule has 0 aliphatic heterocycles. The molecule has 0 saturated carbocycles. The number of hydrogen-bond donors (Lipinski definition) is 1. The summed E-state index contributed by atoms with van der Waals surface area (Å²) in [6.45, 7) is 2.25. The van der Waals surface area contributed by atoms with Crippen LogP contribution in [0.1, 0.15) is 23.5 Å². The van der Waals surface area contributed by atoms with Crippen LogP contribution in [0.25, 0.3) is 0 Å². The first-order valence-electron chi connectivity index (χ1n) is 6.74. The van der Waals surface area contributed by atoms with Crippen molar-refractivity contribution >= 4 is 5.97 Å². The molecular formula is C17H17FO3. The van der Waals surface area contributed by atoms with Gasteiger partial charge in [-0.2, -0.15) is 0 Å². The van der Waals surface area contributed by atoms with Crippen LogP contribution in [0.15, 0.2) is 48.5 Å². The average molecular weight is 288 g/mol. The molecule has 0 saturated heterocycles. The molecule has 2 aromatic rings. The second-order valence-electron chi connectivity index (χ2n) is 4.90. The lowest BCUT2D eigenvalue weighted by Gasteiger charge is -2.13. The molecule has 4 heteroatoms. The van der Waals surface area contributed by atoms with Crippen molar-refractivity contribution in [3.8, 4) is 5.75 Å². The fraction of sp³-hybridized carbons (Fsp3) is 0.235. The Morgan fingerprint density at radius 1 is 1.24 bits per heavy atom. The van der Waals surface area contributed by atoms with Crippen LogP contribution in [-0.2, 0) is 4.79 Å². The standard InChI is InChI=1S/C17H17FO3/c1-12-3-2-4-15(11-12)21-10-9-16(17(19)20)13-5-7-14(18)8-6-13/h2-8,11,16H,9-10H2,1H3,(H,19,20). The summed E-state index contributed by atoms with van der Waals surface area (Å²) in [5, 5.41) is 9.29. The van der Waals surface area contributed by atoms with Crippen LogP contribution in [0, 0.1) is 12.7 Å². The third kappa shape index (κ3) is 4.31. The van der Waals surface area contributed by atoms with Crippen molar-refractivity contribution in [2.75, 3.05) is 6.61 Å². The monoisotopic (exact) mass is 288 g/mol. The summed E-state index contributed by atoms with van der Waals surface area (Å²) in [6.07, 6.45) is 0.328. The molecule has 0 radical (unpaired) electrons. The quantitative estimate of drug-likeness (QED) is 0.880. The number of benzene rings is 2. The zero-order valence-electron chi connectivity index (χ0n) is 11.8. The number of carboxylic acid groups (broad SMARTS) is 1. The highest BCUT2D eigenvalue weighted by molar-refractivity contribution is 5.76. The smallest absolute Gasteiger partial charge is 0.311 e. The second-order valence-corrected chi connectivity index (χ2v) is 4.90. The summed E-state index contributed by atoms with van der Waals surface area (Å²) in [5.74, 6) is -1.29. The Balaban J connectivity index is 1.98. The first-order valence-corrected chi connectivity index (χ1v) is 6.74. The van der Waals surface area contributed by atoms with E-state index < -0.39 is 11.9 Å². The molecule has 1 unspecified atom stereocenters. The SMILES string of the molecule is Cc1cccc(OCCC(C(=O)O)c2ccc(F)cc2)c1. The van der Waals surface area contributed by atoms with Gasteiger partial charge in [-0.1, -0.05) is 24.3 Å². The molecule has 0 aliphatic rings. The highest BCUT2D eigenvalue weighted by atomic mass is 19.1. The Morgan fingerprint density at radius 2 is 1.95 bits per heavy atom. The van der Waals surface area contributed by atoms with E-state index in [2.05, 4.69) is 0 Å². The largest absolute Gasteiger partial charge is 0.494 e. The minimum Gasteiger partial charge on any atom is -0.494 e. The van der Waals surface area contributed by atoms with E-state index in [1.807, 2.05) is 31.2 Å². The first kappa shape index (κ1) is 15.0. The van der Waals surface area contributed by atoms with E-state index in [9.17, 15) is 14.3 Å². The normalized spacial score (nSPS) is 11.9. The topological polar surface area (TPSA) is 46.5 Å². The average Bonchev–Trinajstić information content (AvgIpc) is 2.45. The fourth-order valence-corrected chi connectivity index (χ4v) is 2.13. The molecule has 0 bridgehead atoms. The predicted octanol–water partition coefficient (Wildman–Crippen LogP) is 3.77. The second kappa shape index (κ2) is 6.88. The number of aryl methyl sites for hydroxylation is 1. The Labute approximate surface area is 123 Å². The zero-order chi connectivity index (χ0) is 15.2. The predicted molar refractivity (Wildman–Crippen MR) is 78.1 cm³/mol. The van der Waals surface area contributed by atoms with E-state index in [0.29, 0.717) is 12.0 Å². The molecule has 3 nitrogen and oxygen atoms in total. The third-order valence-electron chi connectivity index (χ3n) is 3.24. The molecule has 0 amide bonds. The summed E-state index contributed by atoms with van der Waals surface area (Å²) in [4.78, 5) is 11.3. The minimum atomic E-state index is -0.936. The van der Waals surface area contributed by atoms with Gasteiger partial charge < -0.3 is 9.84 Å². The fourth-order valence-electron chi connectivity index (χ4n) is 2.13. The molecule has 2 rings (SSSR count). The van der Waals surface area contributed by atoms with Gasteiger partial charge in [0.25, 0.3) is 0 Å². The number of hydrogen-bond acceptors (Lipinski definition) is 2. The van der Waals surface area contributed by atoms with E-state index >= 15 is 0 Å². The first-order chi connectivity index (χ1) is 10.1. The minimum absolute atomic E-state index is 0.289. The van der Waals surface area contributed by atoms with Crippen molar-refractivity contribution in [1.29, 1.82) is 0 Å². The van der Waals surface area contributed by atoms with Crippen LogP contribution in [0.5, 0.6) is 5.75 Å². The van der Waals surface area contributed by atoms with Gasteiger partial charge in [-0.3, -0.25) is 4.79 Å². The van der Waals surface area contributed by atoms with E-state index in [1.165, 1.54) is 24.3 Å². The number of carbonyl (C=O) groups is 1. The van der Waals surface area contributed by atoms with E-state index in [4.69, 9.17) is 4.74 Å². The summed E-state index contributed by atoms with van der Waals surface area (Å²) < 4.78 is 18.5. The van der Waals surface area contributed by atoms with Crippen LogP contribution in [0.2, 0.25) is 0 Å². The highest BCUT2D eigenvalue weighted by Gasteiger charge is 2.19. The Hall–Kier alpha value is -2.36. The van der Waals surface area contributed by atoms with Gasteiger partial charge in [-0.15, -0.1) is 0 Å². The number of carboxylic acids is 1. The van der Waals surface area contributed by atoms with Crippen molar-refractivity contribution in [2.45, 2.75) is 19.3 Å². The Kier molecular flexibility index (Phi) is 4.93. The molecule has 1 atom stereocenters. The lowest BCUT2D eigenvalue weighted by molar-refractivity contribution is -0.139. The van der Waals surface area contributed by atoms with Crippen LogP contribution < -0.4 is 4.74 Å². The summed E-state index contributed by atoms with van der Waals surface area (Å²) in [6, 6.07) is 13.1. The van der Waals surface area contributed by atoms with Crippen molar-refractivity contribution < 1.29 is 19.0 Å². The molecule has 21 heavy (non-hydrogen) atoms. The van der Waals surface area contributed by atoms with Crippen LogP contribution in [0.4, 0.5) is 4.39 Å². The molecule has 1 N–H and O–H groups in total. The van der Waals surface area contributed by atoms with Crippen LogP contribution in [-0.4, -0.2) is 17.7 Å². The van der Waals surface area contributed by atoms with Crippen molar-refractivity contribution in [3.05, 3.63) is 65.5 Å². The van der Waals surface area contributed by atoms with Gasteiger partial charge in [0.2, 0.25) is 0 Å². The lowest BCUT2D eigenvalue weighted by Crippen LogP contribution is -2.15. The molecule has 0 aliphatic carbocycles. The molecule has 2 aromatic carbocycles. The van der Waals surface area contributed by atoms with Crippen LogP contribution >= 0.6 is 0 Å². The van der Waals surface area contributed by atoms with Crippen molar-refractivity contribution in [1.82, 2.24) is 0 Å². The summed E-state index contributed by atoms with van der Waals surface area (Å²) in [5.41, 5.74) is 1.66. The number of rotatable bonds is 6. The number of halogens is 1. The molecule has 0 fully saturated rings. The van der Waals surface area contributed by atoms with Gasteiger partial charge in [-0.05, 0) is 48.7 Å². The molecule has 0 aromatic heterocycles. The number of ether oxygens (including phenoxy) is 1. The maximum atomic E-state index is 12.9. The van der Waals surface area contributed by atoms with Gasteiger partial charge in [0, 0.05) is 0 Å². The zero-order valence-corrected chi connectivity index (χ0v) is 11.8. The van der Waals surface area contributed by atoms with E-state index in [0.717, 1.165) is 11.3 Å².